The van der Waals surface area contributed by atoms with Gasteiger partial charge in [0.05, 0.1) is 0 Å². The molecule has 1 heterocycles. The summed E-state index contributed by atoms with van der Waals surface area (Å²) in [6.45, 7) is 0. The molecule has 0 bridgehead atoms. The summed E-state index contributed by atoms with van der Waals surface area (Å²) in [7, 11) is 0. The summed E-state index contributed by atoms with van der Waals surface area (Å²) in [6, 6.07) is 5.81. The maximum Gasteiger partial charge on any atom is 0.227 e. The molecule has 0 aliphatic heterocycles. The minimum absolute atomic E-state index is 0.0879. The average Bonchev–Trinajstić information content (AvgIpc) is 2.14. The molecule has 0 fully saturated rings. The Balaban J connectivity index is 2.57. The smallest absolute Gasteiger partial charge is 0.198 e. The molecule has 2 aromatic rings. The van der Waals surface area contributed by atoms with Crippen molar-refractivity contribution in [1.29, 1.82) is 0 Å². The molecule has 82 valence electrons. The third-order valence-corrected chi connectivity index (χ3v) is 3.12. The monoisotopic (exact) mass is 429 g/mol. The van der Waals surface area contributed by atoms with Gasteiger partial charge in [0, 0.05) is 13.6 Å². The number of benzene rings is 1. The highest BCUT2D eigenvalue weighted by Crippen LogP contribution is 2.24. The minimum atomic E-state index is 0.0879. The lowest BCUT2D eigenvalue weighted by Gasteiger charge is -2.02. The summed E-state index contributed by atoms with van der Waals surface area (Å²) >= 11 is 17.1. The highest BCUT2D eigenvalue weighted by Gasteiger charge is 2.07. The maximum absolute atomic E-state index is 5.72. The van der Waals surface area contributed by atoms with E-state index in [-0.39, 0.29) is 10.6 Å². The predicted molar refractivity (Wildman–Crippen MR) is 75.7 cm³/mol. The van der Waals surface area contributed by atoms with E-state index in [9.17, 15) is 0 Å². The molecular weight excluding hydrogens is 428 g/mol. The second kappa shape index (κ2) is 5.12. The van der Waals surface area contributed by atoms with Crippen molar-refractivity contribution >= 4 is 61.7 Å². The summed E-state index contributed by atoms with van der Waals surface area (Å²) in [5, 5.41) is 0.176. The first-order valence-electron chi connectivity index (χ1n) is 4.08. The number of rotatable bonds is 1. The number of hydrogen-bond acceptors (Lipinski definition) is 3. The Morgan fingerprint density at radius 3 is 2.19 bits per heavy atom. The van der Waals surface area contributed by atoms with Crippen molar-refractivity contribution < 1.29 is 0 Å². The standard InChI is InChI=1S/C9H3BrCl2IN3/c10-5-1-4(2-6(13)3-5)7-14-8(11)16-9(12)15-7/h1-3H. The lowest BCUT2D eigenvalue weighted by Crippen LogP contribution is -1.94. The molecule has 0 aliphatic rings. The zero-order valence-corrected chi connectivity index (χ0v) is 12.8. The fraction of sp³-hybridized carbons (Fsp3) is 0. The van der Waals surface area contributed by atoms with E-state index in [1.54, 1.807) is 0 Å². The zero-order chi connectivity index (χ0) is 11.7. The molecule has 0 saturated carbocycles. The summed E-state index contributed by atoms with van der Waals surface area (Å²) in [6.07, 6.45) is 0. The number of aromatic nitrogens is 3. The molecule has 3 nitrogen and oxygen atoms in total. The summed E-state index contributed by atoms with van der Waals surface area (Å²) < 4.78 is 2.01. The van der Waals surface area contributed by atoms with E-state index in [2.05, 4.69) is 53.5 Å². The van der Waals surface area contributed by atoms with E-state index in [4.69, 9.17) is 23.2 Å². The Kier molecular flexibility index (Phi) is 3.99. The molecule has 0 saturated heterocycles. The van der Waals surface area contributed by atoms with E-state index in [0.717, 1.165) is 13.6 Å². The van der Waals surface area contributed by atoms with Gasteiger partial charge in [0.2, 0.25) is 10.6 Å². The number of hydrogen-bond donors (Lipinski definition) is 0. The molecule has 16 heavy (non-hydrogen) atoms. The second-order valence-corrected chi connectivity index (χ2v) is 5.69. The van der Waals surface area contributed by atoms with Gasteiger partial charge in [-0.25, -0.2) is 0 Å². The lowest BCUT2D eigenvalue weighted by molar-refractivity contribution is 1.06. The molecular formula is C9H3BrCl2IN3. The second-order valence-electron chi connectivity index (χ2n) is 2.86. The molecule has 1 aromatic heterocycles. The van der Waals surface area contributed by atoms with Crippen molar-refractivity contribution in [3.05, 3.63) is 36.8 Å². The van der Waals surface area contributed by atoms with E-state index in [1.807, 2.05) is 18.2 Å². The van der Waals surface area contributed by atoms with Crippen LogP contribution in [-0.2, 0) is 0 Å². The van der Waals surface area contributed by atoms with Crippen LogP contribution >= 0.6 is 61.7 Å². The van der Waals surface area contributed by atoms with Crippen LogP contribution in [0.3, 0.4) is 0 Å². The highest BCUT2D eigenvalue weighted by atomic mass is 127. The van der Waals surface area contributed by atoms with Gasteiger partial charge in [0.25, 0.3) is 0 Å². The highest BCUT2D eigenvalue weighted by molar-refractivity contribution is 14.1. The van der Waals surface area contributed by atoms with E-state index in [0.29, 0.717) is 5.82 Å². The van der Waals surface area contributed by atoms with Crippen LogP contribution in [0.5, 0.6) is 0 Å². The van der Waals surface area contributed by atoms with Crippen LogP contribution in [0.15, 0.2) is 22.7 Å². The lowest BCUT2D eigenvalue weighted by atomic mass is 10.2. The van der Waals surface area contributed by atoms with E-state index >= 15 is 0 Å². The third kappa shape index (κ3) is 3.03. The molecule has 1 aromatic carbocycles. The van der Waals surface area contributed by atoms with Crippen LogP contribution in [0, 0.1) is 3.57 Å². The quantitative estimate of drug-likeness (QED) is 0.636. The summed E-state index contributed by atoms with van der Waals surface area (Å²) in [4.78, 5) is 11.7. The first-order chi connectivity index (χ1) is 7.54. The Labute approximate surface area is 124 Å². The van der Waals surface area contributed by atoms with E-state index < -0.39 is 0 Å². The van der Waals surface area contributed by atoms with Gasteiger partial charge in [0.15, 0.2) is 5.82 Å². The molecule has 0 spiro atoms. The molecule has 0 aliphatic carbocycles. The van der Waals surface area contributed by atoms with Gasteiger partial charge in [-0.3, -0.25) is 0 Å². The maximum atomic E-state index is 5.72. The van der Waals surface area contributed by atoms with Crippen molar-refractivity contribution in [2.45, 2.75) is 0 Å². The van der Waals surface area contributed by atoms with E-state index in [1.165, 1.54) is 0 Å². The Morgan fingerprint density at radius 2 is 1.62 bits per heavy atom. The first-order valence-corrected chi connectivity index (χ1v) is 6.71. The van der Waals surface area contributed by atoms with Crippen LogP contribution in [-0.4, -0.2) is 15.0 Å². The van der Waals surface area contributed by atoms with Crippen LogP contribution in [0.2, 0.25) is 10.6 Å². The largest absolute Gasteiger partial charge is 0.227 e. The molecule has 0 unspecified atom stereocenters. The number of nitrogens with zero attached hydrogens (tertiary/aromatic N) is 3. The van der Waals surface area contributed by atoms with Crippen molar-refractivity contribution in [2.24, 2.45) is 0 Å². The minimum Gasteiger partial charge on any atom is -0.198 e. The average molecular weight is 431 g/mol. The molecule has 7 heteroatoms. The Morgan fingerprint density at radius 1 is 1.00 bits per heavy atom. The van der Waals surface area contributed by atoms with Gasteiger partial charge in [-0.15, -0.1) is 0 Å². The zero-order valence-electron chi connectivity index (χ0n) is 7.59. The fourth-order valence-electron chi connectivity index (χ4n) is 1.14. The molecule has 2 rings (SSSR count). The Hall–Kier alpha value is 0.0200. The summed E-state index contributed by atoms with van der Waals surface area (Å²) in [5.74, 6) is 0.462. The van der Waals surface area contributed by atoms with Crippen LogP contribution < -0.4 is 0 Å². The van der Waals surface area contributed by atoms with Crippen molar-refractivity contribution in [1.82, 2.24) is 15.0 Å². The van der Waals surface area contributed by atoms with Crippen LogP contribution in [0.1, 0.15) is 0 Å². The van der Waals surface area contributed by atoms with Gasteiger partial charge in [-0.05, 0) is 64.0 Å². The predicted octanol–water partition coefficient (Wildman–Crippen LogP) is 4.21. The topological polar surface area (TPSA) is 38.7 Å². The Bertz CT molecular complexity index is 460. The molecule has 0 amide bonds. The van der Waals surface area contributed by atoms with Crippen molar-refractivity contribution in [2.75, 3.05) is 0 Å². The third-order valence-electron chi connectivity index (χ3n) is 1.70. The van der Waals surface area contributed by atoms with Crippen LogP contribution in [0.25, 0.3) is 11.4 Å². The van der Waals surface area contributed by atoms with Gasteiger partial charge in [0.1, 0.15) is 0 Å². The van der Waals surface area contributed by atoms with Crippen molar-refractivity contribution in [3.63, 3.8) is 0 Å². The van der Waals surface area contributed by atoms with Crippen LogP contribution in [0.4, 0.5) is 0 Å². The molecule has 0 atom stereocenters. The van der Waals surface area contributed by atoms with Gasteiger partial charge >= 0.3 is 0 Å². The normalized spacial score (nSPS) is 10.5. The molecule has 0 radical (unpaired) electrons. The fourth-order valence-corrected chi connectivity index (χ4v) is 3.09. The molecule has 0 N–H and O–H groups in total. The number of halogens is 4. The van der Waals surface area contributed by atoms with Gasteiger partial charge < -0.3 is 0 Å². The van der Waals surface area contributed by atoms with Gasteiger partial charge in [-0.1, -0.05) is 15.9 Å². The van der Waals surface area contributed by atoms with Crippen molar-refractivity contribution in [3.8, 4) is 11.4 Å². The van der Waals surface area contributed by atoms with Gasteiger partial charge in [-0.2, -0.15) is 15.0 Å². The summed E-state index contributed by atoms with van der Waals surface area (Å²) in [5.41, 5.74) is 0.838. The SMILES string of the molecule is Clc1nc(Cl)nc(-c2cc(Br)cc(I)c2)n1. The first kappa shape index (κ1) is 12.5.